The van der Waals surface area contributed by atoms with Gasteiger partial charge in [0.1, 0.15) is 0 Å². The number of rotatable bonds is 6. The Morgan fingerprint density at radius 2 is 1.94 bits per heavy atom. The van der Waals surface area contributed by atoms with Crippen LogP contribution in [-0.2, 0) is 0 Å². The maximum absolute atomic E-state index is 6.22. The van der Waals surface area contributed by atoms with Gasteiger partial charge in [0.25, 0.3) is 0 Å². The monoisotopic (exact) mass is 221 g/mol. The van der Waals surface area contributed by atoms with Crippen LogP contribution in [0.1, 0.15) is 38.9 Å². The van der Waals surface area contributed by atoms with Crippen molar-refractivity contribution >= 4 is 0 Å². The quantitative estimate of drug-likeness (QED) is 0.800. The van der Waals surface area contributed by atoms with E-state index in [2.05, 4.69) is 36.7 Å². The minimum absolute atomic E-state index is 0.148. The molecule has 0 saturated heterocycles. The highest BCUT2D eigenvalue weighted by Gasteiger charge is 2.24. The van der Waals surface area contributed by atoms with E-state index in [9.17, 15) is 0 Å². The molecule has 3 nitrogen and oxygen atoms in total. The van der Waals surface area contributed by atoms with E-state index < -0.39 is 0 Å². The van der Waals surface area contributed by atoms with E-state index in [4.69, 9.17) is 5.73 Å². The lowest BCUT2D eigenvalue weighted by Crippen LogP contribution is -2.41. The first kappa shape index (κ1) is 13.1. The zero-order valence-corrected chi connectivity index (χ0v) is 10.6. The van der Waals surface area contributed by atoms with Crippen molar-refractivity contribution in [2.75, 3.05) is 13.1 Å². The number of nitrogens with zero attached hydrogens (tertiary/aromatic N) is 2. The molecular formula is C13H23N3. The molecule has 0 aromatic carbocycles. The van der Waals surface area contributed by atoms with Crippen LogP contribution in [0.25, 0.3) is 0 Å². The lowest BCUT2D eigenvalue weighted by molar-refractivity contribution is 0.183. The first-order valence-electron chi connectivity index (χ1n) is 6.15. The van der Waals surface area contributed by atoms with E-state index in [0.29, 0.717) is 0 Å². The van der Waals surface area contributed by atoms with Gasteiger partial charge in [-0.2, -0.15) is 0 Å². The van der Waals surface area contributed by atoms with Crippen LogP contribution in [0.3, 0.4) is 0 Å². The molecule has 2 unspecified atom stereocenters. The molecule has 16 heavy (non-hydrogen) atoms. The van der Waals surface area contributed by atoms with Crippen LogP contribution in [0.2, 0.25) is 0 Å². The van der Waals surface area contributed by atoms with Gasteiger partial charge in [0.05, 0.1) is 11.7 Å². The van der Waals surface area contributed by atoms with Gasteiger partial charge in [-0.25, -0.2) is 0 Å². The normalized spacial score (nSPS) is 15.1. The van der Waals surface area contributed by atoms with Gasteiger partial charge >= 0.3 is 0 Å². The molecule has 0 saturated carbocycles. The van der Waals surface area contributed by atoms with Crippen molar-refractivity contribution in [3.05, 3.63) is 30.1 Å². The summed E-state index contributed by atoms with van der Waals surface area (Å²) in [6.07, 6.45) is 2.81. The van der Waals surface area contributed by atoms with Crippen LogP contribution >= 0.6 is 0 Å². The van der Waals surface area contributed by atoms with Gasteiger partial charge in [0.15, 0.2) is 0 Å². The molecule has 1 heterocycles. The molecule has 3 heteroatoms. The van der Waals surface area contributed by atoms with Crippen LogP contribution < -0.4 is 5.73 Å². The van der Waals surface area contributed by atoms with Crippen LogP contribution in [-0.4, -0.2) is 29.0 Å². The molecule has 0 aliphatic rings. The van der Waals surface area contributed by atoms with E-state index >= 15 is 0 Å². The summed E-state index contributed by atoms with van der Waals surface area (Å²) in [5.41, 5.74) is 7.30. The predicted octanol–water partition coefficient (Wildman–Crippen LogP) is 2.20. The second-order valence-corrected chi connectivity index (χ2v) is 3.99. The molecule has 1 aromatic rings. The van der Waals surface area contributed by atoms with Gasteiger partial charge in [0, 0.05) is 12.2 Å². The fraction of sp³-hybridized carbons (Fsp3) is 0.615. The molecule has 0 amide bonds. The molecule has 0 bridgehead atoms. The van der Waals surface area contributed by atoms with E-state index in [1.54, 1.807) is 0 Å². The SMILES string of the molecule is CCC(N)C(c1ccccn1)N(CC)CC. The molecule has 0 radical (unpaired) electrons. The number of aromatic nitrogens is 1. The fourth-order valence-corrected chi connectivity index (χ4v) is 2.07. The Morgan fingerprint density at radius 3 is 2.38 bits per heavy atom. The Bertz CT molecular complexity index is 282. The summed E-state index contributed by atoms with van der Waals surface area (Å²) in [4.78, 5) is 6.81. The minimum Gasteiger partial charge on any atom is -0.326 e. The molecule has 0 spiro atoms. The smallest absolute Gasteiger partial charge is 0.0673 e. The van der Waals surface area contributed by atoms with Gasteiger partial charge in [-0.1, -0.05) is 26.8 Å². The van der Waals surface area contributed by atoms with Crippen LogP contribution in [0, 0.1) is 0 Å². The Kier molecular flexibility index (Phi) is 5.43. The minimum atomic E-state index is 0.148. The topological polar surface area (TPSA) is 42.1 Å². The lowest BCUT2D eigenvalue weighted by atomic mass is 10.0. The molecule has 1 rings (SSSR count). The second-order valence-electron chi connectivity index (χ2n) is 3.99. The average molecular weight is 221 g/mol. The third kappa shape index (κ3) is 3.03. The lowest BCUT2D eigenvalue weighted by Gasteiger charge is -2.33. The van der Waals surface area contributed by atoms with Crippen molar-refractivity contribution in [1.82, 2.24) is 9.88 Å². The van der Waals surface area contributed by atoms with E-state index in [1.807, 2.05) is 18.3 Å². The van der Waals surface area contributed by atoms with Crippen LogP contribution in [0.4, 0.5) is 0 Å². The molecule has 0 aliphatic carbocycles. The van der Waals surface area contributed by atoms with Crippen molar-refractivity contribution in [3.8, 4) is 0 Å². The standard InChI is InChI=1S/C13H23N3/c1-4-11(14)13(16(5-2)6-3)12-9-7-8-10-15-12/h7-11,13H,4-6,14H2,1-3H3. The van der Waals surface area contributed by atoms with Crippen molar-refractivity contribution in [2.45, 2.75) is 39.3 Å². The molecule has 0 fully saturated rings. The van der Waals surface area contributed by atoms with Crippen molar-refractivity contribution in [2.24, 2.45) is 5.73 Å². The van der Waals surface area contributed by atoms with Gasteiger partial charge < -0.3 is 5.73 Å². The fourth-order valence-electron chi connectivity index (χ4n) is 2.07. The highest BCUT2D eigenvalue weighted by atomic mass is 15.2. The maximum Gasteiger partial charge on any atom is 0.0673 e. The number of likely N-dealkylation sites (N-methyl/N-ethyl adjacent to an activating group) is 1. The summed E-state index contributed by atoms with van der Waals surface area (Å²) in [6.45, 7) is 8.48. The first-order valence-corrected chi connectivity index (χ1v) is 6.15. The number of pyridine rings is 1. The highest BCUT2D eigenvalue weighted by molar-refractivity contribution is 5.11. The summed E-state index contributed by atoms with van der Waals surface area (Å²) in [6, 6.07) is 6.43. The summed E-state index contributed by atoms with van der Waals surface area (Å²) >= 11 is 0. The van der Waals surface area contributed by atoms with E-state index in [-0.39, 0.29) is 12.1 Å². The van der Waals surface area contributed by atoms with Gasteiger partial charge in [-0.15, -0.1) is 0 Å². The van der Waals surface area contributed by atoms with E-state index in [1.165, 1.54) is 0 Å². The molecule has 2 N–H and O–H groups in total. The number of hydrogen-bond donors (Lipinski definition) is 1. The Labute approximate surface area is 98.7 Å². The van der Waals surface area contributed by atoms with Crippen LogP contribution in [0.5, 0.6) is 0 Å². The summed E-state index contributed by atoms with van der Waals surface area (Å²) < 4.78 is 0. The maximum atomic E-state index is 6.22. The van der Waals surface area contributed by atoms with Crippen LogP contribution in [0.15, 0.2) is 24.4 Å². The molecule has 2 atom stereocenters. The predicted molar refractivity (Wildman–Crippen MR) is 68.2 cm³/mol. The van der Waals surface area contributed by atoms with Gasteiger partial charge in [0.2, 0.25) is 0 Å². The van der Waals surface area contributed by atoms with Crippen molar-refractivity contribution in [1.29, 1.82) is 0 Å². The first-order chi connectivity index (χ1) is 7.74. The Balaban J connectivity index is 2.95. The average Bonchev–Trinajstić information content (AvgIpc) is 2.36. The van der Waals surface area contributed by atoms with Gasteiger partial charge in [-0.3, -0.25) is 9.88 Å². The van der Waals surface area contributed by atoms with E-state index in [0.717, 1.165) is 25.2 Å². The summed E-state index contributed by atoms with van der Waals surface area (Å²) in [5, 5.41) is 0. The zero-order valence-electron chi connectivity index (χ0n) is 10.6. The number of hydrogen-bond acceptors (Lipinski definition) is 3. The zero-order chi connectivity index (χ0) is 12.0. The largest absolute Gasteiger partial charge is 0.326 e. The third-order valence-corrected chi connectivity index (χ3v) is 3.07. The Morgan fingerprint density at radius 1 is 1.25 bits per heavy atom. The van der Waals surface area contributed by atoms with Gasteiger partial charge in [-0.05, 0) is 31.6 Å². The summed E-state index contributed by atoms with van der Waals surface area (Å²) in [5.74, 6) is 0. The highest BCUT2D eigenvalue weighted by Crippen LogP contribution is 2.22. The molecule has 0 aliphatic heterocycles. The Hall–Kier alpha value is -0.930. The van der Waals surface area contributed by atoms with Crippen molar-refractivity contribution < 1.29 is 0 Å². The third-order valence-electron chi connectivity index (χ3n) is 3.07. The molecular weight excluding hydrogens is 198 g/mol. The summed E-state index contributed by atoms with van der Waals surface area (Å²) in [7, 11) is 0. The number of nitrogens with two attached hydrogens (primary N) is 1. The second kappa shape index (κ2) is 6.61. The molecule has 90 valence electrons. The molecule has 1 aromatic heterocycles. The van der Waals surface area contributed by atoms with Crippen molar-refractivity contribution in [3.63, 3.8) is 0 Å².